The summed E-state index contributed by atoms with van der Waals surface area (Å²) in [5.41, 5.74) is 0. The van der Waals surface area contributed by atoms with Crippen LogP contribution in [0, 0.1) is 0 Å². The molecule has 1 rings (SSSR count). The van der Waals surface area contributed by atoms with Crippen molar-refractivity contribution in [2.24, 2.45) is 0 Å². The van der Waals surface area contributed by atoms with Crippen LogP contribution in [0.25, 0.3) is 0 Å². The molecule has 0 amide bonds. The lowest BCUT2D eigenvalue weighted by Gasteiger charge is -2.22. The summed E-state index contributed by atoms with van der Waals surface area (Å²) in [6, 6.07) is 1.79. The Morgan fingerprint density at radius 1 is 1.24 bits per heavy atom. The van der Waals surface area contributed by atoms with Gasteiger partial charge in [0.15, 0.2) is 0 Å². The summed E-state index contributed by atoms with van der Waals surface area (Å²) in [5, 5.41) is 18.0. The van der Waals surface area contributed by atoms with Crippen molar-refractivity contribution in [1.29, 1.82) is 0 Å². The van der Waals surface area contributed by atoms with Gasteiger partial charge in [0, 0.05) is 25.1 Å². The smallest absolute Gasteiger partial charge is 0.134 e. The molecule has 0 aliphatic rings. The number of nitrogens with zero attached hydrogens (tertiary/aromatic N) is 3. The van der Waals surface area contributed by atoms with Gasteiger partial charge in [0.1, 0.15) is 16.2 Å². The topological polar surface area (TPSA) is 69.5 Å². The van der Waals surface area contributed by atoms with Crippen LogP contribution in [0.1, 0.15) is 25.6 Å². The standard InChI is InChI=1S/C11H18BrN3O2/c1-8(2)11-13-9(12)7-10(14-11)15(3-5-16)4-6-17/h7-8,16-17H,3-6H2,1-2H3. The molecule has 0 saturated heterocycles. The first-order valence-corrected chi connectivity index (χ1v) is 6.39. The van der Waals surface area contributed by atoms with E-state index in [-0.39, 0.29) is 19.1 Å². The maximum absolute atomic E-state index is 8.99. The Morgan fingerprint density at radius 3 is 2.29 bits per heavy atom. The number of halogens is 1. The first-order valence-electron chi connectivity index (χ1n) is 5.59. The fourth-order valence-corrected chi connectivity index (χ4v) is 1.81. The van der Waals surface area contributed by atoms with E-state index in [1.165, 1.54) is 0 Å². The van der Waals surface area contributed by atoms with Gasteiger partial charge in [-0.05, 0) is 15.9 Å². The van der Waals surface area contributed by atoms with Gasteiger partial charge in [-0.2, -0.15) is 0 Å². The number of hydrogen-bond acceptors (Lipinski definition) is 5. The van der Waals surface area contributed by atoms with Crippen molar-refractivity contribution >= 4 is 21.7 Å². The number of aliphatic hydroxyl groups is 2. The van der Waals surface area contributed by atoms with Crippen molar-refractivity contribution in [3.8, 4) is 0 Å². The lowest BCUT2D eigenvalue weighted by Crippen LogP contribution is -2.30. The van der Waals surface area contributed by atoms with Gasteiger partial charge in [-0.15, -0.1) is 0 Å². The van der Waals surface area contributed by atoms with E-state index in [0.717, 1.165) is 11.6 Å². The van der Waals surface area contributed by atoms with Crippen LogP contribution in [0.15, 0.2) is 10.7 Å². The third-order valence-electron chi connectivity index (χ3n) is 2.28. The second kappa shape index (κ2) is 6.88. The highest BCUT2D eigenvalue weighted by Gasteiger charge is 2.12. The van der Waals surface area contributed by atoms with E-state index in [1.54, 1.807) is 6.07 Å². The minimum atomic E-state index is 0.0264. The summed E-state index contributed by atoms with van der Waals surface area (Å²) < 4.78 is 0.715. The molecule has 17 heavy (non-hydrogen) atoms. The Kier molecular flexibility index (Phi) is 5.80. The maximum Gasteiger partial charge on any atom is 0.134 e. The molecule has 0 fully saturated rings. The van der Waals surface area contributed by atoms with Gasteiger partial charge >= 0.3 is 0 Å². The van der Waals surface area contributed by atoms with Crippen LogP contribution in [0.4, 0.5) is 5.82 Å². The van der Waals surface area contributed by atoms with Crippen molar-refractivity contribution in [2.75, 3.05) is 31.2 Å². The number of anilines is 1. The molecule has 0 unspecified atom stereocenters. The van der Waals surface area contributed by atoms with Crippen molar-refractivity contribution in [1.82, 2.24) is 9.97 Å². The molecule has 0 atom stereocenters. The van der Waals surface area contributed by atoms with E-state index < -0.39 is 0 Å². The van der Waals surface area contributed by atoms with Crippen LogP contribution in [-0.4, -0.2) is 46.5 Å². The van der Waals surface area contributed by atoms with Crippen LogP contribution < -0.4 is 4.90 Å². The zero-order valence-corrected chi connectivity index (χ0v) is 11.7. The van der Waals surface area contributed by atoms with Gasteiger partial charge in [0.2, 0.25) is 0 Å². The number of rotatable bonds is 6. The average Bonchev–Trinajstić information content (AvgIpc) is 2.28. The normalized spacial score (nSPS) is 10.9. The van der Waals surface area contributed by atoms with Crippen LogP contribution >= 0.6 is 15.9 Å². The molecule has 2 N–H and O–H groups in total. The second-order valence-corrected chi connectivity index (χ2v) is 4.81. The summed E-state index contributed by atoms with van der Waals surface area (Å²) in [5.74, 6) is 1.70. The molecule has 0 spiro atoms. The fourth-order valence-electron chi connectivity index (χ4n) is 1.43. The Bertz CT molecular complexity index is 355. The van der Waals surface area contributed by atoms with Crippen LogP contribution in [0.3, 0.4) is 0 Å². The summed E-state index contributed by atoms with van der Waals surface area (Å²) in [4.78, 5) is 10.6. The molecule has 6 heteroatoms. The van der Waals surface area contributed by atoms with E-state index >= 15 is 0 Å². The largest absolute Gasteiger partial charge is 0.395 e. The summed E-state index contributed by atoms with van der Waals surface area (Å²) in [6.45, 7) is 4.99. The second-order valence-electron chi connectivity index (χ2n) is 4.00. The highest BCUT2D eigenvalue weighted by atomic mass is 79.9. The van der Waals surface area contributed by atoms with Crippen molar-refractivity contribution in [2.45, 2.75) is 19.8 Å². The van der Waals surface area contributed by atoms with Gasteiger partial charge in [-0.3, -0.25) is 0 Å². The highest BCUT2D eigenvalue weighted by Crippen LogP contribution is 2.20. The molecule has 5 nitrogen and oxygen atoms in total. The third kappa shape index (κ3) is 4.22. The zero-order chi connectivity index (χ0) is 12.8. The zero-order valence-electron chi connectivity index (χ0n) is 10.1. The van der Waals surface area contributed by atoms with Gasteiger partial charge in [-0.25, -0.2) is 9.97 Å². The van der Waals surface area contributed by atoms with Gasteiger partial charge < -0.3 is 15.1 Å². The lowest BCUT2D eigenvalue weighted by molar-refractivity contribution is 0.280. The maximum atomic E-state index is 8.99. The Balaban J connectivity index is 3.00. The molecule has 1 aromatic rings. The molecule has 1 aromatic heterocycles. The average molecular weight is 304 g/mol. The predicted molar refractivity (Wildman–Crippen MR) is 70.2 cm³/mol. The minimum absolute atomic E-state index is 0.0264. The predicted octanol–water partition coefficient (Wildman–Crippen LogP) is 1.15. The molecular weight excluding hydrogens is 286 g/mol. The van der Waals surface area contributed by atoms with E-state index in [1.807, 2.05) is 18.7 Å². The molecule has 0 aliphatic carbocycles. The van der Waals surface area contributed by atoms with Gasteiger partial charge in [-0.1, -0.05) is 13.8 Å². The SMILES string of the molecule is CC(C)c1nc(Br)cc(N(CCO)CCO)n1. The first kappa shape index (κ1) is 14.3. The molecule has 0 aliphatic heterocycles. The summed E-state index contributed by atoms with van der Waals surface area (Å²) in [7, 11) is 0. The lowest BCUT2D eigenvalue weighted by atomic mass is 10.2. The van der Waals surface area contributed by atoms with Crippen LogP contribution in [0.5, 0.6) is 0 Å². The quantitative estimate of drug-likeness (QED) is 0.772. The molecular formula is C11H18BrN3O2. The molecule has 0 bridgehead atoms. The van der Waals surface area contributed by atoms with Gasteiger partial charge in [0.25, 0.3) is 0 Å². The van der Waals surface area contributed by atoms with E-state index in [9.17, 15) is 0 Å². The molecule has 0 aromatic carbocycles. The van der Waals surface area contributed by atoms with Gasteiger partial charge in [0.05, 0.1) is 13.2 Å². The van der Waals surface area contributed by atoms with Crippen LogP contribution in [-0.2, 0) is 0 Å². The first-order chi connectivity index (χ1) is 8.08. The Labute approximate surface area is 110 Å². The molecule has 0 radical (unpaired) electrons. The van der Waals surface area contributed by atoms with Crippen molar-refractivity contribution < 1.29 is 10.2 Å². The van der Waals surface area contributed by atoms with Crippen molar-refractivity contribution in [3.63, 3.8) is 0 Å². The third-order valence-corrected chi connectivity index (χ3v) is 2.69. The van der Waals surface area contributed by atoms with Crippen LogP contribution in [0.2, 0.25) is 0 Å². The fraction of sp³-hybridized carbons (Fsp3) is 0.636. The number of hydrogen-bond donors (Lipinski definition) is 2. The molecule has 0 saturated carbocycles. The van der Waals surface area contributed by atoms with Crippen molar-refractivity contribution in [3.05, 3.63) is 16.5 Å². The van der Waals surface area contributed by atoms with E-state index in [4.69, 9.17) is 10.2 Å². The monoisotopic (exact) mass is 303 g/mol. The van der Waals surface area contributed by atoms with E-state index in [0.29, 0.717) is 17.7 Å². The van der Waals surface area contributed by atoms with E-state index in [2.05, 4.69) is 25.9 Å². The minimum Gasteiger partial charge on any atom is -0.395 e. The Hall–Kier alpha value is -0.720. The summed E-state index contributed by atoms with van der Waals surface area (Å²) >= 11 is 3.35. The summed E-state index contributed by atoms with van der Waals surface area (Å²) in [6.07, 6.45) is 0. The molecule has 96 valence electrons. The highest BCUT2D eigenvalue weighted by molar-refractivity contribution is 9.10. The Morgan fingerprint density at radius 2 is 1.82 bits per heavy atom. The number of aromatic nitrogens is 2. The number of aliphatic hydroxyl groups excluding tert-OH is 2. The molecule has 1 heterocycles.